The van der Waals surface area contributed by atoms with Crippen LogP contribution in [0, 0.1) is 0 Å². The Hall–Kier alpha value is -2.04. The van der Waals surface area contributed by atoms with E-state index in [0.29, 0.717) is 12.2 Å². The number of aryl methyl sites for hydroxylation is 1. The van der Waals surface area contributed by atoms with Gasteiger partial charge in [-0.1, -0.05) is 18.2 Å². The maximum atomic E-state index is 11.0. The van der Waals surface area contributed by atoms with Crippen LogP contribution in [0.2, 0.25) is 0 Å². The summed E-state index contributed by atoms with van der Waals surface area (Å²) in [6, 6.07) is 7.02. The van der Waals surface area contributed by atoms with Gasteiger partial charge in [0.05, 0.1) is 7.11 Å². The van der Waals surface area contributed by atoms with Crippen molar-refractivity contribution in [3.8, 4) is 5.75 Å². The predicted octanol–water partition coefficient (Wildman–Crippen LogP) is 1.26. The maximum absolute atomic E-state index is 11.0. The minimum atomic E-state index is -1.03. The highest BCUT2D eigenvalue weighted by Gasteiger charge is 2.07. The molecule has 0 unspecified atom stereocenters. The number of methoxy groups -OCH3 is 1. The van der Waals surface area contributed by atoms with Gasteiger partial charge >= 0.3 is 11.9 Å². The van der Waals surface area contributed by atoms with Crippen molar-refractivity contribution in [2.75, 3.05) is 13.7 Å². The quantitative estimate of drug-likeness (QED) is 0.755. The molecule has 0 spiro atoms. The van der Waals surface area contributed by atoms with Gasteiger partial charge in [0.15, 0.2) is 6.61 Å². The number of carboxylic acid groups (broad SMARTS) is 1. The van der Waals surface area contributed by atoms with Crippen molar-refractivity contribution in [3.63, 3.8) is 0 Å². The van der Waals surface area contributed by atoms with Crippen LogP contribution in [0.1, 0.15) is 12.0 Å². The number of para-hydroxylation sites is 1. The van der Waals surface area contributed by atoms with Crippen LogP contribution in [0.4, 0.5) is 0 Å². The Morgan fingerprint density at radius 3 is 2.65 bits per heavy atom. The molecule has 1 aromatic carbocycles. The van der Waals surface area contributed by atoms with Gasteiger partial charge in [-0.25, -0.2) is 4.79 Å². The van der Waals surface area contributed by atoms with E-state index in [-0.39, 0.29) is 12.4 Å². The fraction of sp³-hybridized carbons (Fsp3) is 0.333. The monoisotopic (exact) mass is 238 g/mol. The molecule has 92 valence electrons. The molecule has 1 N–H and O–H groups in total. The number of carbonyl (C=O) groups is 2. The number of carbonyl (C=O) groups excluding carboxylic acids is 1. The zero-order chi connectivity index (χ0) is 12.7. The van der Waals surface area contributed by atoms with E-state index in [0.717, 1.165) is 5.56 Å². The molecule has 5 nitrogen and oxygen atoms in total. The third-order valence-electron chi connectivity index (χ3n) is 2.15. The van der Waals surface area contributed by atoms with Crippen LogP contribution in [0.3, 0.4) is 0 Å². The summed E-state index contributed by atoms with van der Waals surface area (Å²) in [5.41, 5.74) is 0.791. The highest BCUT2D eigenvalue weighted by atomic mass is 16.5. The van der Waals surface area contributed by atoms with E-state index in [1.165, 1.54) is 7.11 Å². The Balaban J connectivity index is 2.63. The van der Waals surface area contributed by atoms with Gasteiger partial charge in [-0.15, -0.1) is 0 Å². The zero-order valence-electron chi connectivity index (χ0n) is 9.51. The van der Waals surface area contributed by atoms with Crippen molar-refractivity contribution in [3.05, 3.63) is 29.8 Å². The van der Waals surface area contributed by atoms with Crippen LogP contribution < -0.4 is 4.74 Å². The summed E-state index contributed by atoms with van der Waals surface area (Å²) in [6.45, 7) is -0.394. The lowest BCUT2D eigenvalue weighted by Crippen LogP contribution is -2.11. The maximum Gasteiger partial charge on any atom is 0.341 e. The SMILES string of the molecule is COC(=O)CCc1ccccc1OCC(=O)O. The molecule has 0 amide bonds. The summed E-state index contributed by atoms with van der Waals surface area (Å²) in [6.07, 6.45) is 0.701. The number of rotatable bonds is 6. The Morgan fingerprint density at radius 2 is 2.00 bits per heavy atom. The van der Waals surface area contributed by atoms with Gasteiger partial charge in [-0.05, 0) is 18.1 Å². The second-order valence-corrected chi connectivity index (χ2v) is 3.37. The first kappa shape index (κ1) is 13.0. The molecular formula is C12H14O5. The van der Waals surface area contributed by atoms with Gasteiger partial charge in [0.2, 0.25) is 0 Å². The molecule has 0 bridgehead atoms. The van der Waals surface area contributed by atoms with Crippen molar-refractivity contribution in [2.24, 2.45) is 0 Å². The highest BCUT2D eigenvalue weighted by Crippen LogP contribution is 2.19. The Labute approximate surface area is 99.0 Å². The lowest BCUT2D eigenvalue weighted by atomic mass is 10.1. The van der Waals surface area contributed by atoms with E-state index in [1.54, 1.807) is 24.3 Å². The van der Waals surface area contributed by atoms with Gasteiger partial charge in [0.25, 0.3) is 0 Å². The summed E-state index contributed by atoms with van der Waals surface area (Å²) in [4.78, 5) is 21.4. The van der Waals surface area contributed by atoms with Gasteiger partial charge in [-0.2, -0.15) is 0 Å². The fourth-order valence-corrected chi connectivity index (χ4v) is 1.33. The minimum Gasteiger partial charge on any atom is -0.482 e. The molecule has 0 aliphatic heterocycles. The third kappa shape index (κ3) is 4.55. The van der Waals surface area contributed by atoms with Gasteiger partial charge in [0, 0.05) is 6.42 Å². The van der Waals surface area contributed by atoms with Gasteiger partial charge in [-0.3, -0.25) is 4.79 Å². The third-order valence-corrected chi connectivity index (χ3v) is 2.15. The fourth-order valence-electron chi connectivity index (χ4n) is 1.33. The van der Waals surface area contributed by atoms with Crippen LogP contribution in [0.5, 0.6) is 5.75 Å². The summed E-state index contributed by atoms with van der Waals surface area (Å²) in [5, 5.41) is 8.52. The van der Waals surface area contributed by atoms with Gasteiger partial charge in [0.1, 0.15) is 5.75 Å². The number of esters is 1. The van der Waals surface area contributed by atoms with E-state index in [2.05, 4.69) is 4.74 Å². The summed E-state index contributed by atoms with van der Waals surface area (Å²) in [5.74, 6) is -0.857. The Bertz CT molecular complexity index is 400. The van der Waals surface area contributed by atoms with Crippen LogP contribution in [0.15, 0.2) is 24.3 Å². The van der Waals surface area contributed by atoms with Crippen molar-refractivity contribution in [1.82, 2.24) is 0 Å². The predicted molar refractivity (Wildman–Crippen MR) is 59.9 cm³/mol. The molecule has 1 rings (SSSR count). The lowest BCUT2D eigenvalue weighted by molar-refractivity contribution is -0.141. The number of benzene rings is 1. The van der Waals surface area contributed by atoms with Crippen LogP contribution in [0.25, 0.3) is 0 Å². The van der Waals surface area contributed by atoms with E-state index >= 15 is 0 Å². The van der Waals surface area contributed by atoms with E-state index in [9.17, 15) is 9.59 Å². The number of aliphatic carboxylic acids is 1. The number of hydrogen-bond acceptors (Lipinski definition) is 4. The molecule has 0 radical (unpaired) electrons. The highest BCUT2D eigenvalue weighted by molar-refractivity contribution is 5.70. The van der Waals surface area contributed by atoms with Crippen LogP contribution in [-0.2, 0) is 20.7 Å². The molecule has 0 fully saturated rings. The van der Waals surface area contributed by atoms with Crippen LogP contribution in [-0.4, -0.2) is 30.8 Å². The second kappa shape index (κ2) is 6.52. The smallest absolute Gasteiger partial charge is 0.341 e. The minimum absolute atomic E-state index is 0.240. The zero-order valence-corrected chi connectivity index (χ0v) is 9.51. The average molecular weight is 238 g/mol. The largest absolute Gasteiger partial charge is 0.482 e. The molecule has 17 heavy (non-hydrogen) atoms. The van der Waals surface area contributed by atoms with Crippen molar-refractivity contribution < 1.29 is 24.2 Å². The molecule has 0 heterocycles. The molecule has 5 heteroatoms. The van der Waals surface area contributed by atoms with Crippen LogP contribution >= 0.6 is 0 Å². The number of carboxylic acids is 1. The van der Waals surface area contributed by atoms with Gasteiger partial charge < -0.3 is 14.6 Å². The topological polar surface area (TPSA) is 72.8 Å². The number of ether oxygens (including phenoxy) is 2. The normalized spacial score (nSPS) is 9.71. The summed E-state index contributed by atoms with van der Waals surface area (Å²) >= 11 is 0. The molecule has 0 aliphatic rings. The van der Waals surface area contributed by atoms with E-state index in [1.807, 2.05) is 0 Å². The van der Waals surface area contributed by atoms with Crippen molar-refractivity contribution >= 4 is 11.9 Å². The Morgan fingerprint density at radius 1 is 1.29 bits per heavy atom. The van der Waals surface area contributed by atoms with Crippen molar-refractivity contribution in [2.45, 2.75) is 12.8 Å². The molecule has 0 saturated carbocycles. The molecule has 0 saturated heterocycles. The Kier molecular flexibility index (Phi) is 5.00. The summed E-state index contributed by atoms with van der Waals surface area (Å²) in [7, 11) is 1.33. The first-order valence-corrected chi connectivity index (χ1v) is 5.13. The summed E-state index contributed by atoms with van der Waals surface area (Å²) < 4.78 is 9.65. The molecule has 0 aliphatic carbocycles. The average Bonchev–Trinajstić information content (AvgIpc) is 2.34. The molecule has 1 aromatic rings. The lowest BCUT2D eigenvalue weighted by Gasteiger charge is -2.09. The number of hydrogen-bond donors (Lipinski definition) is 1. The molecule has 0 aromatic heterocycles. The molecule has 0 atom stereocenters. The second-order valence-electron chi connectivity index (χ2n) is 3.37. The van der Waals surface area contributed by atoms with Crippen molar-refractivity contribution in [1.29, 1.82) is 0 Å². The first-order valence-electron chi connectivity index (χ1n) is 5.13. The molecular weight excluding hydrogens is 224 g/mol. The van der Waals surface area contributed by atoms with E-state index in [4.69, 9.17) is 9.84 Å². The standard InChI is InChI=1S/C12H14O5/c1-16-12(15)7-6-9-4-2-3-5-10(9)17-8-11(13)14/h2-5H,6-8H2,1H3,(H,13,14). The van der Waals surface area contributed by atoms with E-state index < -0.39 is 12.6 Å². The first-order chi connectivity index (χ1) is 8.13.